The summed E-state index contributed by atoms with van der Waals surface area (Å²) in [7, 11) is 0. The highest BCUT2D eigenvalue weighted by atomic mass is 35.5. The Hall–Kier alpha value is -2.22. The molecule has 0 spiro atoms. The molecular formula is C17H12Cl2N4. The van der Waals surface area contributed by atoms with Gasteiger partial charge in [0.25, 0.3) is 0 Å². The van der Waals surface area contributed by atoms with Gasteiger partial charge in [-0.1, -0.05) is 23.2 Å². The van der Waals surface area contributed by atoms with Crippen LogP contribution in [0.1, 0.15) is 17.0 Å². The maximum absolute atomic E-state index is 9.10. The van der Waals surface area contributed by atoms with Crippen LogP contribution in [0, 0.1) is 11.3 Å². The van der Waals surface area contributed by atoms with E-state index in [9.17, 15) is 0 Å². The van der Waals surface area contributed by atoms with E-state index in [0.717, 1.165) is 41.3 Å². The molecule has 3 aromatic rings. The number of hydrogen-bond acceptors (Lipinski definition) is 3. The van der Waals surface area contributed by atoms with Gasteiger partial charge in [0.2, 0.25) is 0 Å². The van der Waals surface area contributed by atoms with Gasteiger partial charge in [0.15, 0.2) is 5.69 Å². The van der Waals surface area contributed by atoms with Crippen LogP contribution in [0.25, 0.3) is 10.9 Å². The fraction of sp³-hybridized carbons (Fsp3) is 0.176. The molecule has 1 aliphatic rings. The number of benzene rings is 1. The fourth-order valence-corrected chi connectivity index (χ4v) is 3.39. The largest absolute Gasteiger partial charge is 0.358 e. The Morgan fingerprint density at radius 2 is 2.09 bits per heavy atom. The van der Waals surface area contributed by atoms with Gasteiger partial charge in [0.05, 0.1) is 5.02 Å². The molecule has 114 valence electrons. The quantitative estimate of drug-likeness (QED) is 0.717. The SMILES string of the molecule is N#Cc1nc(N2CCc3[nH]c4ccc(Cl)cc4c3C2)ccc1Cl. The average Bonchev–Trinajstić information content (AvgIpc) is 2.92. The summed E-state index contributed by atoms with van der Waals surface area (Å²) >= 11 is 12.1. The standard InChI is InChI=1S/C17H12Cl2N4/c18-10-1-3-14-11(7-10)12-9-23(6-5-15(12)21-14)17-4-2-13(19)16(8-20)22-17/h1-4,7,21H,5-6,9H2. The molecule has 4 rings (SSSR count). The molecule has 2 aromatic heterocycles. The van der Waals surface area contributed by atoms with Gasteiger partial charge in [-0.25, -0.2) is 4.98 Å². The topological polar surface area (TPSA) is 55.7 Å². The van der Waals surface area contributed by atoms with Crippen molar-refractivity contribution in [3.05, 3.63) is 57.3 Å². The van der Waals surface area contributed by atoms with Crippen molar-refractivity contribution < 1.29 is 0 Å². The number of hydrogen-bond donors (Lipinski definition) is 1. The maximum atomic E-state index is 9.10. The zero-order chi connectivity index (χ0) is 16.0. The van der Waals surface area contributed by atoms with Crippen molar-refractivity contribution in [1.29, 1.82) is 5.26 Å². The first-order valence-electron chi connectivity index (χ1n) is 7.26. The third-order valence-electron chi connectivity index (χ3n) is 4.20. The lowest BCUT2D eigenvalue weighted by Gasteiger charge is -2.28. The molecule has 0 amide bonds. The molecule has 6 heteroatoms. The summed E-state index contributed by atoms with van der Waals surface area (Å²) in [5.74, 6) is 0.771. The number of anilines is 1. The zero-order valence-electron chi connectivity index (χ0n) is 12.1. The van der Waals surface area contributed by atoms with Crippen LogP contribution in [0.5, 0.6) is 0 Å². The number of fused-ring (bicyclic) bond motifs is 3. The number of rotatable bonds is 1. The molecule has 23 heavy (non-hydrogen) atoms. The van der Waals surface area contributed by atoms with Crippen molar-refractivity contribution in [3.8, 4) is 6.07 Å². The van der Waals surface area contributed by atoms with Crippen molar-refractivity contribution >= 4 is 39.9 Å². The average molecular weight is 343 g/mol. The van der Waals surface area contributed by atoms with Crippen LogP contribution in [0.3, 0.4) is 0 Å². The lowest BCUT2D eigenvalue weighted by molar-refractivity contribution is 0.715. The summed E-state index contributed by atoms with van der Waals surface area (Å²) in [5, 5.41) is 11.4. The molecule has 1 aromatic carbocycles. The summed E-state index contributed by atoms with van der Waals surface area (Å²) in [6.07, 6.45) is 0.897. The molecule has 0 unspecified atom stereocenters. The highest BCUT2D eigenvalue weighted by Crippen LogP contribution is 2.31. The molecule has 0 saturated carbocycles. The first-order valence-corrected chi connectivity index (χ1v) is 8.02. The number of nitrogens with one attached hydrogen (secondary N) is 1. The Bertz CT molecular complexity index is 955. The van der Waals surface area contributed by atoms with E-state index in [-0.39, 0.29) is 5.69 Å². The van der Waals surface area contributed by atoms with E-state index in [0.29, 0.717) is 5.02 Å². The molecule has 0 bridgehead atoms. The first-order chi connectivity index (χ1) is 11.2. The Labute approximate surface area is 143 Å². The van der Waals surface area contributed by atoms with E-state index in [1.54, 1.807) is 6.07 Å². The van der Waals surface area contributed by atoms with Gasteiger partial charge in [-0.2, -0.15) is 5.26 Å². The van der Waals surface area contributed by atoms with Gasteiger partial charge >= 0.3 is 0 Å². The lowest BCUT2D eigenvalue weighted by atomic mass is 10.0. The van der Waals surface area contributed by atoms with E-state index in [1.165, 1.54) is 11.3 Å². The van der Waals surface area contributed by atoms with Crippen LogP contribution in [-0.4, -0.2) is 16.5 Å². The fourth-order valence-electron chi connectivity index (χ4n) is 3.07. The Morgan fingerprint density at radius 1 is 1.22 bits per heavy atom. The normalized spacial score (nSPS) is 13.9. The number of H-pyrrole nitrogens is 1. The van der Waals surface area contributed by atoms with Crippen LogP contribution in [-0.2, 0) is 13.0 Å². The van der Waals surface area contributed by atoms with Crippen molar-refractivity contribution in [2.24, 2.45) is 0 Å². The number of nitriles is 1. The molecular weight excluding hydrogens is 331 g/mol. The minimum Gasteiger partial charge on any atom is -0.358 e. The Kier molecular flexibility index (Phi) is 3.41. The Balaban J connectivity index is 1.75. The zero-order valence-corrected chi connectivity index (χ0v) is 13.6. The number of aromatic amines is 1. The summed E-state index contributed by atoms with van der Waals surface area (Å²) < 4.78 is 0. The lowest BCUT2D eigenvalue weighted by Crippen LogP contribution is -2.30. The minimum absolute atomic E-state index is 0.261. The maximum Gasteiger partial charge on any atom is 0.161 e. The van der Waals surface area contributed by atoms with Crippen molar-refractivity contribution in [2.75, 3.05) is 11.4 Å². The number of halogens is 2. The molecule has 0 radical (unpaired) electrons. The highest BCUT2D eigenvalue weighted by Gasteiger charge is 2.22. The Morgan fingerprint density at radius 3 is 2.91 bits per heavy atom. The van der Waals surface area contributed by atoms with Crippen LogP contribution in [0.15, 0.2) is 30.3 Å². The highest BCUT2D eigenvalue weighted by molar-refractivity contribution is 6.31. The monoisotopic (exact) mass is 342 g/mol. The van der Waals surface area contributed by atoms with E-state index in [2.05, 4.69) is 14.9 Å². The summed E-state index contributed by atoms with van der Waals surface area (Å²) in [6.45, 7) is 1.57. The van der Waals surface area contributed by atoms with Crippen molar-refractivity contribution in [3.63, 3.8) is 0 Å². The predicted molar refractivity (Wildman–Crippen MR) is 92.0 cm³/mol. The van der Waals surface area contributed by atoms with Crippen molar-refractivity contribution in [1.82, 2.24) is 9.97 Å². The molecule has 4 nitrogen and oxygen atoms in total. The van der Waals surface area contributed by atoms with Gasteiger partial charge in [0, 0.05) is 46.7 Å². The third kappa shape index (κ3) is 2.42. The minimum atomic E-state index is 0.261. The molecule has 0 saturated heterocycles. The molecule has 1 aliphatic heterocycles. The molecule has 0 aliphatic carbocycles. The van der Waals surface area contributed by atoms with Gasteiger partial charge in [-0.05, 0) is 30.3 Å². The number of aromatic nitrogens is 2. The smallest absolute Gasteiger partial charge is 0.161 e. The molecule has 3 heterocycles. The van der Waals surface area contributed by atoms with Gasteiger partial charge in [-0.3, -0.25) is 0 Å². The summed E-state index contributed by atoms with van der Waals surface area (Å²) in [5.41, 5.74) is 3.84. The second-order valence-corrected chi connectivity index (χ2v) is 6.40. The van der Waals surface area contributed by atoms with Crippen LogP contribution in [0.4, 0.5) is 5.82 Å². The van der Waals surface area contributed by atoms with Gasteiger partial charge in [-0.15, -0.1) is 0 Å². The van der Waals surface area contributed by atoms with E-state index < -0.39 is 0 Å². The molecule has 1 N–H and O–H groups in total. The summed E-state index contributed by atoms with van der Waals surface area (Å²) in [6, 6.07) is 11.5. The number of pyridine rings is 1. The number of nitrogens with zero attached hydrogens (tertiary/aromatic N) is 3. The van der Waals surface area contributed by atoms with Crippen LogP contribution in [0.2, 0.25) is 10.0 Å². The second-order valence-electron chi connectivity index (χ2n) is 5.56. The predicted octanol–water partition coefficient (Wildman–Crippen LogP) is 4.30. The molecule has 0 fully saturated rings. The third-order valence-corrected chi connectivity index (χ3v) is 4.74. The molecule has 0 atom stereocenters. The van der Waals surface area contributed by atoms with Gasteiger partial charge in [0.1, 0.15) is 11.9 Å². The summed E-state index contributed by atoms with van der Waals surface area (Å²) in [4.78, 5) is 9.99. The van der Waals surface area contributed by atoms with E-state index in [1.807, 2.05) is 30.3 Å². The van der Waals surface area contributed by atoms with Crippen LogP contribution < -0.4 is 4.90 Å². The van der Waals surface area contributed by atoms with Crippen molar-refractivity contribution in [2.45, 2.75) is 13.0 Å². The van der Waals surface area contributed by atoms with E-state index >= 15 is 0 Å². The second kappa shape index (κ2) is 5.45. The van der Waals surface area contributed by atoms with Gasteiger partial charge < -0.3 is 9.88 Å². The van der Waals surface area contributed by atoms with E-state index in [4.69, 9.17) is 28.5 Å². The first kappa shape index (κ1) is 14.4. The van der Waals surface area contributed by atoms with Crippen LogP contribution >= 0.6 is 23.2 Å².